The van der Waals surface area contributed by atoms with Crippen LogP contribution in [0.15, 0.2) is 0 Å². The van der Waals surface area contributed by atoms with E-state index in [0.717, 1.165) is 0 Å². The van der Waals surface area contributed by atoms with Crippen LogP contribution in [0.3, 0.4) is 0 Å². The quantitative estimate of drug-likeness (QED) is 0.284. The first kappa shape index (κ1) is 9.84. The molecule has 1 heterocycles. The van der Waals surface area contributed by atoms with Crippen molar-refractivity contribution in [1.29, 1.82) is 0 Å². The second-order valence-corrected chi connectivity index (χ2v) is 3.66. The summed E-state index contributed by atoms with van der Waals surface area (Å²) in [6.07, 6.45) is 1.42. The molecule has 0 aliphatic carbocycles. The number of hydrogen-bond acceptors (Lipinski definition) is 3. The summed E-state index contributed by atoms with van der Waals surface area (Å²) in [4.78, 5) is 11.0. The van der Waals surface area contributed by atoms with Crippen LogP contribution in [0.2, 0.25) is 0 Å². The summed E-state index contributed by atoms with van der Waals surface area (Å²) < 4.78 is 13.8. The van der Waals surface area contributed by atoms with Crippen LogP contribution in [-0.2, 0) is 4.79 Å². The molecular weight excluding hydrogens is 180 g/mol. The number of rotatable bonds is 2. The van der Waals surface area contributed by atoms with Crippen LogP contribution in [0.4, 0.5) is 4.20 Å². The number of piperidine rings is 1. The molecule has 0 aromatic rings. The third kappa shape index (κ3) is 2.37. The number of halogens is 1. The van der Waals surface area contributed by atoms with E-state index in [1.54, 1.807) is 4.67 Å². The molecular formula is C6H13FN3OP. The maximum atomic E-state index is 12.1. The molecule has 1 aliphatic rings. The lowest BCUT2D eigenvalue weighted by atomic mass is 9.98. The molecule has 0 aromatic heterocycles. The van der Waals surface area contributed by atoms with Gasteiger partial charge in [0.15, 0.2) is 0 Å². The van der Waals surface area contributed by atoms with Crippen LogP contribution in [0.5, 0.6) is 0 Å². The zero-order valence-electron chi connectivity index (χ0n) is 6.72. The number of nitrogens with two attached hydrogens (primary N) is 1. The van der Waals surface area contributed by atoms with E-state index in [1.807, 2.05) is 0 Å². The van der Waals surface area contributed by atoms with Crippen LogP contribution in [0, 0.1) is 5.92 Å². The Hall–Kier alpha value is -0.250. The van der Waals surface area contributed by atoms with E-state index in [9.17, 15) is 8.99 Å². The fourth-order valence-electron chi connectivity index (χ4n) is 1.34. The van der Waals surface area contributed by atoms with E-state index in [1.165, 1.54) is 0 Å². The van der Waals surface area contributed by atoms with Crippen molar-refractivity contribution < 1.29 is 8.99 Å². The van der Waals surface area contributed by atoms with E-state index in [-0.39, 0.29) is 11.8 Å². The zero-order chi connectivity index (χ0) is 8.97. The average molecular weight is 193 g/mol. The van der Waals surface area contributed by atoms with Gasteiger partial charge < -0.3 is 0 Å². The normalized spacial score (nSPS) is 21.8. The average Bonchev–Trinajstić information content (AvgIpc) is 2.17. The lowest BCUT2D eigenvalue weighted by molar-refractivity contribution is -0.126. The lowest BCUT2D eigenvalue weighted by Gasteiger charge is -2.27. The Morgan fingerprint density at radius 2 is 2.17 bits per heavy atom. The first-order valence-electron chi connectivity index (χ1n) is 3.89. The molecule has 1 saturated heterocycles. The molecule has 6 heteroatoms. The first-order valence-corrected chi connectivity index (χ1v) is 4.72. The van der Waals surface area contributed by atoms with Crippen molar-refractivity contribution in [3.8, 4) is 0 Å². The van der Waals surface area contributed by atoms with Crippen molar-refractivity contribution in [3.63, 3.8) is 0 Å². The van der Waals surface area contributed by atoms with Crippen LogP contribution in [-0.4, -0.2) is 23.7 Å². The smallest absolute Gasteiger partial charge is 0.237 e. The second-order valence-electron chi connectivity index (χ2n) is 2.85. The minimum Gasteiger partial charge on any atom is -0.294 e. The molecule has 1 amide bonds. The number of nitrogens with zero attached hydrogens (tertiary/aromatic N) is 1. The molecule has 1 fully saturated rings. The first-order chi connectivity index (χ1) is 5.77. The number of carbonyl (C=O) groups excluding carboxylic acids is 1. The van der Waals surface area contributed by atoms with E-state index >= 15 is 0 Å². The van der Waals surface area contributed by atoms with Crippen molar-refractivity contribution in [2.24, 2.45) is 11.8 Å². The Labute approximate surface area is 72.6 Å². The number of nitrogens with one attached hydrogen (secondary N) is 1. The van der Waals surface area contributed by atoms with Gasteiger partial charge in [-0.3, -0.25) is 14.9 Å². The van der Waals surface area contributed by atoms with Crippen LogP contribution < -0.4 is 11.3 Å². The number of amides is 1. The Morgan fingerprint density at radius 3 is 2.58 bits per heavy atom. The van der Waals surface area contributed by atoms with Gasteiger partial charge in [0.1, 0.15) is 9.04 Å². The number of hydrazine groups is 1. The summed E-state index contributed by atoms with van der Waals surface area (Å²) in [5.74, 6) is 4.83. The Kier molecular flexibility index (Phi) is 3.85. The van der Waals surface area contributed by atoms with Gasteiger partial charge in [-0.05, 0) is 12.8 Å². The van der Waals surface area contributed by atoms with Gasteiger partial charge in [-0.1, -0.05) is 0 Å². The fraction of sp³-hybridized carbons (Fsp3) is 0.833. The van der Waals surface area contributed by atoms with Crippen molar-refractivity contribution in [2.45, 2.75) is 12.8 Å². The maximum Gasteiger partial charge on any atom is 0.237 e. The van der Waals surface area contributed by atoms with E-state index in [0.29, 0.717) is 25.9 Å². The molecule has 12 heavy (non-hydrogen) atoms. The highest BCUT2D eigenvalue weighted by Crippen LogP contribution is 2.26. The number of carbonyl (C=O) groups is 1. The zero-order valence-corrected chi connectivity index (χ0v) is 7.72. The highest BCUT2D eigenvalue weighted by atomic mass is 31.1. The SMILES string of the molecule is NNC(=O)C1CCN(PF)CC1. The van der Waals surface area contributed by atoms with Gasteiger partial charge in [-0.2, -0.15) is 0 Å². The van der Waals surface area contributed by atoms with E-state index < -0.39 is 9.04 Å². The maximum absolute atomic E-state index is 12.1. The molecule has 0 saturated carbocycles. The predicted octanol–water partition coefficient (Wildman–Crippen LogP) is 0.166. The molecule has 1 atom stereocenters. The van der Waals surface area contributed by atoms with Gasteiger partial charge in [0.25, 0.3) is 0 Å². The predicted molar refractivity (Wildman–Crippen MR) is 46.1 cm³/mol. The van der Waals surface area contributed by atoms with Crippen molar-refractivity contribution >= 4 is 14.9 Å². The van der Waals surface area contributed by atoms with Gasteiger partial charge in [0.2, 0.25) is 5.91 Å². The molecule has 0 radical (unpaired) electrons. The summed E-state index contributed by atoms with van der Waals surface area (Å²) >= 11 is 0. The minimum atomic E-state index is -0.639. The van der Waals surface area contributed by atoms with E-state index in [2.05, 4.69) is 5.43 Å². The van der Waals surface area contributed by atoms with Crippen molar-refractivity contribution in [1.82, 2.24) is 10.1 Å². The molecule has 0 spiro atoms. The summed E-state index contributed by atoms with van der Waals surface area (Å²) in [6, 6.07) is 0. The molecule has 4 nitrogen and oxygen atoms in total. The third-order valence-corrected chi connectivity index (χ3v) is 2.81. The molecule has 1 aliphatic heterocycles. The van der Waals surface area contributed by atoms with Crippen molar-refractivity contribution in [3.05, 3.63) is 0 Å². The second kappa shape index (κ2) is 4.70. The van der Waals surface area contributed by atoms with Gasteiger partial charge in [-0.15, -0.1) is 0 Å². The summed E-state index contributed by atoms with van der Waals surface area (Å²) in [5, 5.41) is 0. The fourth-order valence-corrected chi connectivity index (χ4v) is 1.77. The summed E-state index contributed by atoms with van der Waals surface area (Å²) in [5.41, 5.74) is 2.12. The highest BCUT2D eigenvalue weighted by Gasteiger charge is 2.24. The summed E-state index contributed by atoms with van der Waals surface area (Å²) in [7, 11) is -0.639. The van der Waals surface area contributed by atoms with Crippen LogP contribution in [0.1, 0.15) is 12.8 Å². The van der Waals surface area contributed by atoms with Crippen LogP contribution in [0.25, 0.3) is 0 Å². The molecule has 3 N–H and O–H groups in total. The van der Waals surface area contributed by atoms with Gasteiger partial charge in [-0.25, -0.2) is 10.0 Å². The van der Waals surface area contributed by atoms with E-state index in [4.69, 9.17) is 5.84 Å². The third-order valence-electron chi connectivity index (χ3n) is 2.13. The topological polar surface area (TPSA) is 58.4 Å². The molecule has 0 aromatic carbocycles. The molecule has 1 unspecified atom stereocenters. The Balaban J connectivity index is 2.30. The molecule has 70 valence electrons. The lowest BCUT2D eigenvalue weighted by Crippen LogP contribution is -2.40. The monoisotopic (exact) mass is 193 g/mol. The highest BCUT2D eigenvalue weighted by molar-refractivity contribution is 7.28. The van der Waals surface area contributed by atoms with Gasteiger partial charge in [0.05, 0.1) is 0 Å². The Morgan fingerprint density at radius 1 is 1.58 bits per heavy atom. The minimum absolute atomic E-state index is 0.0254. The summed E-state index contributed by atoms with van der Waals surface area (Å²) in [6.45, 7) is 1.32. The van der Waals surface area contributed by atoms with Gasteiger partial charge >= 0.3 is 0 Å². The number of hydrogen-bond donors (Lipinski definition) is 2. The van der Waals surface area contributed by atoms with Crippen molar-refractivity contribution in [2.75, 3.05) is 13.1 Å². The molecule has 0 bridgehead atoms. The van der Waals surface area contributed by atoms with Crippen LogP contribution >= 0.6 is 9.04 Å². The largest absolute Gasteiger partial charge is 0.294 e. The Bertz CT molecular complexity index is 161. The standard InChI is InChI=1S/C6H13FN3OP/c7-12-10-3-1-5(2-4-10)6(11)9-8/h5,12H,1-4,8H2,(H,9,11). The molecule has 1 rings (SSSR count). The van der Waals surface area contributed by atoms with Gasteiger partial charge in [0, 0.05) is 19.0 Å².